The second-order valence-electron chi connectivity index (χ2n) is 3.74. The number of rotatable bonds is 3. The summed E-state index contributed by atoms with van der Waals surface area (Å²) in [5.41, 5.74) is 1.43. The standard InChI is InChI=1S/C14H12O4/c1-18-13-8-9(6-7-11(13)14(16)17)10-4-2-3-5-12(10)15/h2-8,15H,1H3,(H,16,17). The third-order valence-electron chi connectivity index (χ3n) is 2.65. The minimum Gasteiger partial charge on any atom is -0.507 e. The summed E-state index contributed by atoms with van der Waals surface area (Å²) < 4.78 is 5.05. The summed E-state index contributed by atoms with van der Waals surface area (Å²) in [5, 5.41) is 18.7. The molecule has 4 heteroatoms. The molecule has 0 spiro atoms. The summed E-state index contributed by atoms with van der Waals surface area (Å²) in [5.74, 6) is -0.637. The number of carboxylic acids is 1. The van der Waals surface area contributed by atoms with E-state index in [-0.39, 0.29) is 17.1 Å². The monoisotopic (exact) mass is 244 g/mol. The van der Waals surface area contributed by atoms with E-state index < -0.39 is 5.97 Å². The number of ether oxygens (including phenoxy) is 1. The fourth-order valence-electron chi connectivity index (χ4n) is 1.75. The molecule has 0 bridgehead atoms. The van der Waals surface area contributed by atoms with Crippen LogP contribution in [0.3, 0.4) is 0 Å². The van der Waals surface area contributed by atoms with Crippen LogP contribution in [0.25, 0.3) is 11.1 Å². The van der Waals surface area contributed by atoms with E-state index in [1.807, 2.05) is 0 Å². The Balaban J connectivity index is 2.55. The number of aromatic carboxylic acids is 1. The van der Waals surface area contributed by atoms with Crippen molar-refractivity contribution in [2.24, 2.45) is 0 Å². The van der Waals surface area contributed by atoms with Crippen molar-refractivity contribution < 1.29 is 19.7 Å². The van der Waals surface area contributed by atoms with Gasteiger partial charge in [0, 0.05) is 5.56 Å². The lowest BCUT2D eigenvalue weighted by Gasteiger charge is -2.09. The highest BCUT2D eigenvalue weighted by molar-refractivity contribution is 5.92. The number of phenolic OH excluding ortho intramolecular Hbond substituents is 1. The SMILES string of the molecule is COc1cc(-c2ccccc2O)ccc1C(=O)O. The topological polar surface area (TPSA) is 66.8 Å². The van der Waals surface area contributed by atoms with Crippen LogP contribution in [0.5, 0.6) is 11.5 Å². The molecule has 0 saturated carbocycles. The van der Waals surface area contributed by atoms with Crippen molar-refractivity contribution in [2.75, 3.05) is 7.11 Å². The van der Waals surface area contributed by atoms with E-state index in [1.165, 1.54) is 13.2 Å². The van der Waals surface area contributed by atoms with Gasteiger partial charge < -0.3 is 14.9 Å². The number of carbonyl (C=O) groups is 1. The van der Waals surface area contributed by atoms with Crippen molar-refractivity contribution in [1.29, 1.82) is 0 Å². The van der Waals surface area contributed by atoms with Gasteiger partial charge in [-0.15, -0.1) is 0 Å². The van der Waals surface area contributed by atoms with Crippen molar-refractivity contribution in [3.63, 3.8) is 0 Å². The van der Waals surface area contributed by atoms with E-state index in [4.69, 9.17) is 9.84 Å². The number of phenols is 1. The molecule has 0 radical (unpaired) electrons. The summed E-state index contributed by atoms with van der Waals surface area (Å²) in [6.45, 7) is 0. The number of carboxylic acid groups (broad SMARTS) is 1. The molecule has 2 N–H and O–H groups in total. The van der Waals surface area contributed by atoms with Gasteiger partial charge in [-0.05, 0) is 23.8 Å². The van der Waals surface area contributed by atoms with E-state index in [1.54, 1.807) is 36.4 Å². The lowest BCUT2D eigenvalue weighted by atomic mass is 10.0. The Kier molecular flexibility index (Phi) is 3.19. The predicted octanol–water partition coefficient (Wildman–Crippen LogP) is 2.77. The first-order chi connectivity index (χ1) is 8.63. The number of aromatic hydroxyl groups is 1. The Morgan fingerprint density at radius 3 is 2.50 bits per heavy atom. The lowest BCUT2D eigenvalue weighted by molar-refractivity contribution is 0.0693. The first kappa shape index (κ1) is 12.0. The molecule has 0 aliphatic heterocycles. The number of methoxy groups -OCH3 is 1. The molecule has 0 saturated heterocycles. The molecule has 0 aliphatic rings. The summed E-state index contributed by atoms with van der Waals surface area (Å²) in [4.78, 5) is 11.0. The Morgan fingerprint density at radius 2 is 1.89 bits per heavy atom. The average molecular weight is 244 g/mol. The first-order valence-electron chi connectivity index (χ1n) is 5.33. The summed E-state index contributed by atoms with van der Waals surface area (Å²) in [6.07, 6.45) is 0. The zero-order valence-corrected chi connectivity index (χ0v) is 9.75. The van der Waals surface area contributed by atoms with E-state index in [0.717, 1.165) is 0 Å². The van der Waals surface area contributed by atoms with Crippen molar-refractivity contribution >= 4 is 5.97 Å². The molecule has 2 aromatic rings. The van der Waals surface area contributed by atoms with Gasteiger partial charge in [-0.1, -0.05) is 24.3 Å². The van der Waals surface area contributed by atoms with E-state index in [0.29, 0.717) is 11.1 Å². The van der Waals surface area contributed by atoms with Gasteiger partial charge in [0.05, 0.1) is 7.11 Å². The fraction of sp³-hybridized carbons (Fsp3) is 0.0714. The molecule has 0 heterocycles. The zero-order valence-electron chi connectivity index (χ0n) is 9.75. The van der Waals surface area contributed by atoms with Crippen LogP contribution in [-0.2, 0) is 0 Å². The summed E-state index contributed by atoms with van der Waals surface area (Å²) in [7, 11) is 1.41. The van der Waals surface area contributed by atoms with Gasteiger partial charge in [-0.25, -0.2) is 4.79 Å². The van der Waals surface area contributed by atoms with Crippen molar-refractivity contribution in [2.45, 2.75) is 0 Å². The van der Waals surface area contributed by atoms with Gasteiger partial charge in [-0.2, -0.15) is 0 Å². The van der Waals surface area contributed by atoms with Crippen LogP contribution < -0.4 is 4.74 Å². The second-order valence-corrected chi connectivity index (χ2v) is 3.74. The maximum atomic E-state index is 11.0. The molecular weight excluding hydrogens is 232 g/mol. The Labute approximate surface area is 104 Å². The van der Waals surface area contributed by atoms with Crippen molar-refractivity contribution in [3.05, 3.63) is 48.0 Å². The van der Waals surface area contributed by atoms with Crippen LogP contribution in [0.15, 0.2) is 42.5 Å². The van der Waals surface area contributed by atoms with Crippen molar-refractivity contribution in [3.8, 4) is 22.6 Å². The third kappa shape index (κ3) is 2.13. The van der Waals surface area contributed by atoms with Gasteiger partial charge in [-0.3, -0.25) is 0 Å². The number of hydrogen-bond donors (Lipinski definition) is 2. The second kappa shape index (κ2) is 4.79. The van der Waals surface area contributed by atoms with E-state index in [2.05, 4.69) is 0 Å². The van der Waals surface area contributed by atoms with Gasteiger partial charge in [0.1, 0.15) is 17.1 Å². The smallest absolute Gasteiger partial charge is 0.339 e. The molecule has 18 heavy (non-hydrogen) atoms. The van der Waals surface area contributed by atoms with Gasteiger partial charge in [0.25, 0.3) is 0 Å². The van der Waals surface area contributed by atoms with Crippen LogP contribution in [0.4, 0.5) is 0 Å². The first-order valence-corrected chi connectivity index (χ1v) is 5.33. The van der Waals surface area contributed by atoms with Crippen molar-refractivity contribution in [1.82, 2.24) is 0 Å². The van der Waals surface area contributed by atoms with Crippen LogP contribution >= 0.6 is 0 Å². The van der Waals surface area contributed by atoms with Gasteiger partial charge >= 0.3 is 5.97 Å². The molecular formula is C14H12O4. The third-order valence-corrected chi connectivity index (χ3v) is 2.65. The number of para-hydroxylation sites is 1. The highest BCUT2D eigenvalue weighted by atomic mass is 16.5. The van der Waals surface area contributed by atoms with Crippen LogP contribution in [0.2, 0.25) is 0 Å². The minimum atomic E-state index is -1.05. The summed E-state index contributed by atoms with van der Waals surface area (Å²) >= 11 is 0. The largest absolute Gasteiger partial charge is 0.507 e. The molecule has 92 valence electrons. The normalized spacial score (nSPS) is 10.1. The highest BCUT2D eigenvalue weighted by Gasteiger charge is 2.13. The van der Waals surface area contributed by atoms with Gasteiger partial charge in [0.2, 0.25) is 0 Å². The molecule has 0 aromatic heterocycles. The highest BCUT2D eigenvalue weighted by Crippen LogP contribution is 2.32. The molecule has 4 nitrogen and oxygen atoms in total. The van der Waals surface area contributed by atoms with Crippen LogP contribution in [0, 0.1) is 0 Å². The Hall–Kier alpha value is -2.49. The number of hydrogen-bond acceptors (Lipinski definition) is 3. The Morgan fingerprint density at radius 1 is 1.17 bits per heavy atom. The zero-order chi connectivity index (χ0) is 13.1. The molecule has 0 atom stereocenters. The molecule has 0 amide bonds. The van der Waals surface area contributed by atoms with E-state index >= 15 is 0 Å². The average Bonchev–Trinajstić information content (AvgIpc) is 2.38. The maximum absolute atomic E-state index is 11.0. The quantitative estimate of drug-likeness (QED) is 0.871. The minimum absolute atomic E-state index is 0.0941. The van der Waals surface area contributed by atoms with E-state index in [9.17, 15) is 9.90 Å². The fourth-order valence-corrected chi connectivity index (χ4v) is 1.75. The number of benzene rings is 2. The molecule has 0 unspecified atom stereocenters. The lowest BCUT2D eigenvalue weighted by Crippen LogP contribution is -2.00. The van der Waals surface area contributed by atoms with Gasteiger partial charge in [0.15, 0.2) is 0 Å². The van der Waals surface area contributed by atoms with Crippen LogP contribution in [0.1, 0.15) is 10.4 Å². The van der Waals surface area contributed by atoms with Crippen LogP contribution in [-0.4, -0.2) is 23.3 Å². The Bertz CT molecular complexity index is 590. The molecule has 2 rings (SSSR count). The summed E-state index contributed by atoms with van der Waals surface area (Å²) in [6, 6.07) is 11.5. The molecule has 0 aliphatic carbocycles. The predicted molar refractivity (Wildman–Crippen MR) is 67.1 cm³/mol. The molecule has 0 fully saturated rings. The maximum Gasteiger partial charge on any atom is 0.339 e. The molecule has 2 aromatic carbocycles.